The highest BCUT2D eigenvalue weighted by Crippen LogP contribution is 2.04. The molecule has 0 saturated heterocycles. The molecule has 0 radical (unpaired) electrons. The van der Waals surface area contributed by atoms with Crippen LogP contribution in [0.2, 0.25) is 0 Å². The van der Waals surface area contributed by atoms with E-state index in [1.807, 2.05) is 34.0 Å². The Bertz CT molecular complexity index is 907. The molecule has 0 spiro atoms. The van der Waals surface area contributed by atoms with Gasteiger partial charge in [-0.15, -0.1) is 0 Å². The molecular weight excluding hydrogens is 688 g/mol. The van der Waals surface area contributed by atoms with Gasteiger partial charge in [-0.3, -0.25) is 28.8 Å². The van der Waals surface area contributed by atoms with E-state index in [1.54, 1.807) is 25.6 Å². The third-order valence-electron chi connectivity index (χ3n) is 5.86. The van der Waals surface area contributed by atoms with E-state index in [0.29, 0.717) is 18.8 Å². The molecule has 0 aliphatic heterocycles. The number of hydrogen-bond donors (Lipinski definition) is 14. The molecule has 8 atom stereocenters. The summed E-state index contributed by atoms with van der Waals surface area (Å²) in [5, 5.41) is 65.6. The van der Waals surface area contributed by atoms with Crippen molar-refractivity contribution in [1.82, 2.24) is 0 Å². The highest BCUT2D eigenvalue weighted by Gasteiger charge is 2.18. The fourth-order valence-corrected chi connectivity index (χ4v) is 2.53. The fourth-order valence-electron chi connectivity index (χ4n) is 2.04. The summed E-state index contributed by atoms with van der Waals surface area (Å²) in [6.07, 6.45) is 2.86. The average molecular weight is 753 g/mol. The third-order valence-corrected chi connectivity index (χ3v) is 6.50. The Labute approximate surface area is 297 Å². The van der Waals surface area contributed by atoms with E-state index in [1.165, 1.54) is 6.92 Å². The largest absolute Gasteiger partial charge is 0.480 e. The van der Waals surface area contributed by atoms with Crippen molar-refractivity contribution in [2.45, 2.75) is 110 Å². The lowest BCUT2D eigenvalue weighted by atomic mass is 10.0. The molecule has 300 valence electrons. The predicted molar refractivity (Wildman–Crippen MR) is 189 cm³/mol. The van der Waals surface area contributed by atoms with Crippen molar-refractivity contribution in [3.8, 4) is 0 Å². The first kappa shape index (κ1) is 59.0. The van der Waals surface area contributed by atoms with Gasteiger partial charge in [-0.1, -0.05) is 48.0 Å². The minimum absolute atomic E-state index is 0.0208. The second-order valence-corrected chi connectivity index (χ2v) is 12.4. The molecule has 0 rings (SSSR count). The molecule has 0 heterocycles. The summed E-state index contributed by atoms with van der Waals surface area (Å²) >= 11 is 1.60. The van der Waals surface area contributed by atoms with Crippen LogP contribution in [0.25, 0.3) is 0 Å². The van der Waals surface area contributed by atoms with E-state index in [9.17, 15) is 28.8 Å². The van der Waals surface area contributed by atoms with Crippen LogP contribution in [0.3, 0.4) is 0 Å². The topological polar surface area (TPSA) is 420 Å². The molecule has 21 heteroatoms. The van der Waals surface area contributed by atoms with E-state index in [2.05, 4.69) is 0 Å². The van der Waals surface area contributed by atoms with Crippen LogP contribution in [-0.2, 0) is 28.8 Å². The van der Waals surface area contributed by atoms with Crippen LogP contribution in [0.5, 0.6) is 0 Å². The van der Waals surface area contributed by atoms with Crippen molar-refractivity contribution < 1.29 is 69.6 Å². The number of aliphatic hydroxyl groups is 2. The number of nitrogens with two attached hydrogens (primary N) is 6. The van der Waals surface area contributed by atoms with Gasteiger partial charge in [0.1, 0.15) is 36.3 Å². The summed E-state index contributed by atoms with van der Waals surface area (Å²) < 4.78 is 0. The van der Waals surface area contributed by atoms with E-state index in [-0.39, 0.29) is 11.8 Å². The zero-order valence-corrected chi connectivity index (χ0v) is 31.0. The Morgan fingerprint density at radius 1 is 0.580 bits per heavy atom. The highest BCUT2D eigenvalue weighted by atomic mass is 32.2. The molecule has 0 aromatic heterocycles. The van der Waals surface area contributed by atoms with Crippen molar-refractivity contribution in [1.29, 1.82) is 0 Å². The molecule has 0 aliphatic carbocycles. The molecule has 20 N–H and O–H groups in total. The summed E-state index contributed by atoms with van der Waals surface area (Å²) in [7, 11) is 0. The van der Waals surface area contributed by atoms with Gasteiger partial charge in [0, 0.05) is 0 Å². The lowest BCUT2D eigenvalue weighted by Gasteiger charge is -2.11. The quantitative estimate of drug-likeness (QED) is 0.0832. The Balaban J connectivity index is -0.000000116. The predicted octanol–water partition coefficient (Wildman–Crippen LogP) is -1.74. The number of aliphatic hydroxyl groups excluding tert-OH is 2. The minimum atomic E-state index is -1.18. The maximum absolute atomic E-state index is 10.2. The van der Waals surface area contributed by atoms with E-state index < -0.39 is 84.8 Å². The number of rotatable bonds is 16. The molecule has 0 aromatic rings. The normalized spacial score (nSPS) is 14.8. The Kier molecular flexibility index (Phi) is 42.1. The van der Waals surface area contributed by atoms with Crippen LogP contribution in [0, 0.1) is 17.8 Å². The number of thioether (sulfide) groups is 1. The summed E-state index contributed by atoms with van der Waals surface area (Å²) in [6.45, 7) is 12.0. The van der Waals surface area contributed by atoms with Crippen molar-refractivity contribution in [3.63, 3.8) is 0 Å². The summed E-state index contributed by atoms with van der Waals surface area (Å²) in [5.74, 6) is -4.77. The second kappa shape index (κ2) is 35.7. The molecule has 50 heavy (non-hydrogen) atoms. The van der Waals surface area contributed by atoms with Gasteiger partial charge in [-0.05, 0) is 49.5 Å². The van der Waals surface area contributed by atoms with Gasteiger partial charge < -0.3 is 75.3 Å². The first-order valence-corrected chi connectivity index (χ1v) is 16.7. The zero-order chi connectivity index (χ0) is 41.5. The Hall–Kier alpha value is -3.15. The number of aliphatic carboxylic acids is 6. The number of carboxylic acid groups (broad SMARTS) is 6. The summed E-state index contributed by atoms with van der Waals surface area (Å²) in [5.41, 5.74) is 30.5. The average Bonchev–Trinajstić information content (AvgIpc) is 3.02. The maximum Gasteiger partial charge on any atom is 0.323 e. The zero-order valence-electron chi connectivity index (χ0n) is 30.2. The molecule has 0 aromatic carbocycles. The molecule has 0 bridgehead atoms. The molecule has 0 fully saturated rings. The lowest BCUT2D eigenvalue weighted by Crippen LogP contribution is -2.39. The van der Waals surface area contributed by atoms with Crippen LogP contribution in [0.15, 0.2) is 0 Å². The van der Waals surface area contributed by atoms with Gasteiger partial charge in [0.2, 0.25) is 0 Å². The van der Waals surface area contributed by atoms with Crippen molar-refractivity contribution in [3.05, 3.63) is 0 Å². The first-order chi connectivity index (χ1) is 22.6. The smallest absolute Gasteiger partial charge is 0.323 e. The van der Waals surface area contributed by atoms with Gasteiger partial charge in [-0.2, -0.15) is 11.8 Å². The van der Waals surface area contributed by atoms with Crippen LogP contribution < -0.4 is 34.4 Å². The standard InChI is InChI=1S/2C6H13NO2.C5H11NO2S.C5H11NO2.C4H9NO3.C3H7NO3/c1-4(2)3-5(7)6(8)9;1-3-4(2)5(7)6(8)9;1-9-3-2-4(6)5(7)8;1-3(2)4(6)5(7)8;1-2(6)3(5)4(7)8;4-2(1-5)3(6)7/h2*4-5H,3,7H2,1-2H3,(H,8,9);4H,2-3,6H2,1H3,(H,7,8);3-4H,6H2,1-2H3,(H,7,8);2-3,6H,5H2,1H3,(H,7,8);2,5H,1,4H2,(H,6,7). The van der Waals surface area contributed by atoms with Crippen LogP contribution in [0.1, 0.15) is 67.7 Å². The third kappa shape index (κ3) is 42.9. The Morgan fingerprint density at radius 3 is 1.04 bits per heavy atom. The number of carboxylic acids is 6. The molecule has 8 unspecified atom stereocenters. The molecule has 0 aliphatic rings. The highest BCUT2D eigenvalue weighted by molar-refractivity contribution is 7.98. The number of carbonyl (C=O) groups is 6. The first-order valence-electron chi connectivity index (χ1n) is 15.3. The van der Waals surface area contributed by atoms with Crippen LogP contribution >= 0.6 is 11.8 Å². The Morgan fingerprint density at radius 2 is 0.940 bits per heavy atom. The van der Waals surface area contributed by atoms with Crippen molar-refractivity contribution in [2.24, 2.45) is 52.2 Å². The molecule has 20 nitrogen and oxygen atoms in total. The van der Waals surface area contributed by atoms with Gasteiger partial charge >= 0.3 is 35.8 Å². The van der Waals surface area contributed by atoms with Gasteiger partial charge in [-0.25, -0.2) is 0 Å². The minimum Gasteiger partial charge on any atom is -0.480 e. The number of hydrogen-bond acceptors (Lipinski definition) is 15. The van der Waals surface area contributed by atoms with Gasteiger partial charge in [0.05, 0.1) is 12.7 Å². The second-order valence-electron chi connectivity index (χ2n) is 11.4. The summed E-state index contributed by atoms with van der Waals surface area (Å²) in [4.78, 5) is 59.9. The monoisotopic (exact) mass is 752 g/mol. The van der Waals surface area contributed by atoms with Crippen LogP contribution in [0.4, 0.5) is 0 Å². The van der Waals surface area contributed by atoms with Crippen LogP contribution in [-0.4, -0.2) is 138 Å². The van der Waals surface area contributed by atoms with Crippen molar-refractivity contribution >= 4 is 47.6 Å². The van der Waals surface area contributed by atoms with E-state index in [0.717, 1.165) is 12.2 Å². The van der Waals surface area contributed by atoms with Gasteiger partial charge in [0.25, 0.3) is 0 Å². The summed E-state index contributed by atoms with van der Waals surface area (Å²) in [6, 6.07) is -5.07. The lowest BCUT2D eigenvalue weighted by molar-refractivity contribution is -0.141. The maximum atomic E-state index is 10.2. The van der Waals surface area contributed by atoms with Gasteiger partial charge in [0.15, 0.2) is 0 Å². The molecule has 0 saturated carbocycles. The van der Waals surface area contributed by atoms with Crippen molar-refractivity contribution in [2.75, 3.05) is 18.6 Å². The van der Waals surface area contributed by atoms with E-state index in [4.69, 9.17) is 75.3 Å². The fraction of sp³-hybridized carbons (Fsp3) is 0.793. The van der Waals surface area contributed by atoms with E-state index >= 15 is 0 Å². The molecular formula is C29H64N6O14S. The molecule has 0 amide bonds. The SMILES string of the molecule is CC(C)C(N)C(=O)O.CC(C)CC(N)C(=O)O.CC(O)C(N)C(=O)O.CCC(C)C(N)C(=O)O.CSCCC(N)C(=O)O.NC(CO)C(=O)O.